The van der Waals surface area contributed by atoms with E-state index in [1.165, 1.54) is 5.56 Å². The number of benzene rings is 1. The Morgan fingerprint density at radius 3 is 2.56 bits per heavy atom. The third-order valence-electron chi connectivity index (χ3n) is 4.24. The van der Waals surface area contributed by atoms with Gasteiger partial charge in [-0.05, 0) is 37.2 Å². The van der Waals surface area contributed by atoms with Gasteiger partial charge in [0, 0.05) is 33.9 Å². The van der Waals surface area contributed by atoms with Gasteiger partial charge in [-0.25, -0.2) is 0 Å². The summed E-state index contributed by atoms with van der Waals surface area (Å²) in [5, 5.41) is 6.77. The molecule has 1 rings (SSSR count). The Labute approximate surface area is 152 Å². The molecular formula is C19H34N4O2. The molecule has 1 atom stereocenters. The van der Waals surface area contributed by atoms with Crippen molar-refractivity contribution >= 4 is 5.96 Å². The fourth-order valence-corrected chi connectivity index (χ4v) is 2.81. The Balaban J connectivity index is 2.76. The highest BCUT2D eigenvalue weighted by atomic mass is 16.5. The largest absolute Gasteiger partial charge is 0.497 e. The smallest absolute Gasteiger partial charge is 0.191 e. The SMILES string of the molecule is CCN(CC)C(CNC(=NC)NCCCOC)c1cccc(OC)c1. The van der Waals surface area contributed by atoms with Crippen molar-refractivity contribution in [3.63, 3.8) is 0 Å². The van der Waals surface area contributed by atoms with E-state index in [1.807, 2.05) is 12.1 Å². The molecule has 0 fully saturated rings. The van der Waals surface area contributed by atoms with E-state index in [0.29, 0.717) is 0 Å². The molecule has 6 heteroatoms. The van der Waals surface area contributed by atoms with Crippen LogP contribution in [-0.4, -0.2) is 64.9 Å². The van der Waals surface area contributed by atoms with Gasteiger partial charge in [-0.2, -0.15) is 0 Å². The van der Waals surface area contributed by atoms with Gasteiger partial charge < -0.3 is 20.1 Å². The summed E-state index contributed by atoms with van der Waals surface area (Å²) in [5.41, 5.74) is 1.24. The number of methoxy groups -OCH3 is 2. The predicted molar refractivity (Wildman–Crippen MR) is 105 cm³/mol. The van der Waals surface area contributed by atoms with Gasteiger partial charge in [-0.15, -0.1) is 0 Å². The Morgan fingerprint density at radius 1 is 1.20 bits per heavy atom. The summed E-state index contributed by atoms with van der Waals surface area (Å²) in [6.07, 6.45) is 0.951. The summed E-state index contributed by atoms with van der Waals surface area (Å²) >= 11 is 0. The fourth-order valence-electron chi connectivity index (χ4n) is 2.81. The summed E-state index contributed by atoms with van der Waals surface area (Å²) in [6, 6.07) is 8.54. The van der Waals surface area contributed by atoms with Gasteiger partial charge in [0.15, 0.2) is 5.96 Å². The van der Waals surface area contributed by atoms with Crippen LogP contribution >= 0.6 is 0 Å². The second-order valence-electron chi connectivity index (χ2n) is 5.74. The van der Waals surface area contributed by atoms with Crippen LogP contribution in [0.25, 0.3) is 0 Å². The van der Waals surface area contributed by atoms with Crippen molar-refractivity contribution in [2.24, 2.45) is 4.99 Å². The Kier molecular flexibility index (Phi) is 10.7. The van der Waals surface area contributed by atoms with Crippen LogP contribution in [0, 0.1) is 0 Å². The van der Waals surface area contributed by atoms with Crippen molar-refractivity contribution < 1.29 is 9.47 Å². The van der Waals surface area contributed by atoms with Gasteiger partial charge in [0.05, 0.1) is 13.2 Å². The summed E-state index contributed by atoms with van der Waals surface area (Å²) < 4.78 is 10.5. The minimum Gasteiger partial charge on any atom is -0.497 e. The molecule has 0 aliphatic carbocycles. The summed E-state index contributed by atoms with van der Waals surface area (Å²) in [4.78, 5) is 6.74. The number of guanidine groups is 1. The first-order valence-electron chi connectivity index (χ1n) is 9.01. The van der Waals surface area contributed by atoms with Crippen molar-refractivity contribution in [3.05, 3.63) is 29.8 Å². The maximum Gasteiger partial charge on any atom is 0.191 e. The van der Waals surface area contributed by atoms with Gasteiger partial charge in [-0.3, -0.25) is 9.89 Å². The van der Waals surface area contributed by atoms with Crippen LogP contribution in [0.5, 0.6) is 5.75 Å². The molecule has 0 aromatic heterocycles. The monoisotopic (exact) mass is 350 g/mol. The van der Waals surface area contributed by atoms with Gasteiger partial charge in [0.25, 0.3) is 0 Å². The number of hydrogen-bond donors (Lipinski definition) is 2. The predicted octanol–water partition coefficient (Wildman–Crippen LogP) is 2.28. The van der Waals surface area contributed by atoms with E-state index >= 15 is 0 Å². The minimum atomic E-state index is 0.252. The van der Waals surface area contributed by atoms with Crippen LogP contribution in [0.4, 0.5) is 0 Å². The molecule has 1 aromatic rings. The van der Waals surface area contributed by atoms with Crippen molar-refractivity contribution in [2.45, 2.75) is 26.3 Å². The van der Waals surface area contributed by atoms with E-state index in [2.05, 4.69) is 46.5 Å². The quantitative estimate of drug-likeness (QED) is 0.364. The molecule has 0 saturated heterocycles. The number of aliphatic imine (C=N–C) groups is 1. The molecule has 142 valence electrons. The lowest BCUT2D eigenvalue weighted by Crippen LogP contribution is -2.43. The normalized spacial score (nSPS) is 13.0. The van der Waals surface area contributed by atoms with Crippen LogP contribution in [0.2, 0.25) is 0 Å². The molecule has 0 bridgehead atoms. The first-order chi connectivity index (χ1) is 12.2. The number of rotatable bonds is 11. The van der Waals surface area contributed by atoms with Crippen LogP contribution in [-0.2, 0) is 4.74 Å². The molecule has 1 aromatic carbocycles. The number of nitrogens with one attached hydrogen (secondary N) is 2. The molecule has 0 saturated carbocycles. The zero-order chi connectivity index (χ0) is 18.5. The summed E-state index contributed by atoms with van der Waals surface area (Å²) in [6.45, 7) is 8.71. The highest BCUT2D eigenvalue weighted by molar-refractivity contribution is 5.79. The van der Waals surface area contributed by atoms with Crippen molar-refractivity contribution in [1.82, 2.24) is 15.5 Å². The molecule has 0 spiro atoms. The topological polar surface area (TPSA) is 58.1 Å². The Morgan fingerprint density at radius 2 is 1.96 bits per heavy atom. The molecule has 25 heavy (non-hydrogen) atoms. The van der Waals surface area contributed by atoms with Crippen LogP contribution in [0.15, 0.2) is 29.3 Å². The van der Waals surface area contributed by atoms with Crippen molar-refractivity contribution in [2.75, 3.05) is 54.1 Å². The number of likely N-dealkylation sites (N-methyl/N-ethyl adjacent to an activating group) is 1. The van der Waals surface area contributed by atoms with Gasteiger partial charge in [0.2, 0.25) is 0 Å². The second kappa shape index (κ2) is 12.6. The minimum absolute atomic E-state index is 0.252. The average Bonchev–Trinajstić information content (AvgIpc) is 2.66. The van der Waals surface area contributed by atoms with E-state index in [-0.39, 0.29) is 6.04 Å². The van der Waals surface area contributed by atoms with Crippen LogP contribution in [0.3, 0.4) is 0 Å². The Bertz CT molecular complexity index is 504. The van der Waals surface area contributed by atoms with E-state index in [1.54, 1.807) is 21.3 Å². The highest BCUT2D eigenvalue weighted by Gasteiger charge is 2.19. The van der Waals surface area contributed by atoms with E-state index in [9.17, 15) is 0 Å². The van der Waals surface area contributed by atoms with Crippen molar-refractivity contribution in [1.29, 1.82) is 0 Å². The lowest BCUT2D eigenvalue weighted by molar-refractivity contribution is 0.195. The molecule has 0 radical (unpaired) electrons. The summed E-state index contributed by atoms with van der Waals surface area (Å²) in [5.74, 6) is 1.70. The van der Waals surface area contributed by atoms with Crippen molar-refractivity contribution in [3.8, 4) is 5.75 Å². The molecule has 1 unspecified atom stereocenters. The fraction of sp³-hybridized carbons (Fsp3) is 0.632. The van der Waals surface area contributed by atoms with Gasteiger partial charge >= 0.3 is 0 Å². The number of ether oxygens (including phenoxy) is 2. The zero-order valence-corrected chi connectivity index (χ0v) is 16.3. The first-order valence-corrected chi connectivity index (χ1v) is 9.01. The maximum atomic E-state index is 5.39. The average molecular weight is 351 g/mol. The van der Waals surface area contributed by atoms with E-state index in [4.69, 9.17) is 9.47 Å². The molecule has 0 aliphatic heterocycles. The highest BCUT2D eigenvalue weighted by Crippen LogP contribution is 2.23. The van der Waals surface area contributed by atoms with E-state index in [0.717, 1.165) is 50.9 Å². The van der Waals surface area contributed by atoms with Crippen LogP contribution in [0.1, 0.15) is 31.9 Å². The lowest BCUT2D eigenvalue weighted by Gasteiger charge is -2.31. The van der Waals surface area contributed by atoms with E-state index < -0.39 is 0 Å². The molecule has 0 amide bonds. The van der Waals surface area contributed by atoms with Gasteiger partial charge in [-0.1, -0.05) is 26.0 Å². The van der Waals surface area contributed by atoms with Gasteiger partial charge in [0.1, 0.15) is 5.75 Å². The first kappa shape index (κ1) is 21.3. The Hall–Kier alpha value is -1.79. The second-order valence-corrected chi connectivity index (χ2v) is 5.74. The number of nitrogens with zero attached hydrogens (tertiary/aromatic N) is 2. The van der Waals surface area contributed by atoms with Crippen LogP contribution < -0.4 is 15.4 Å². The molecular weight excluding hydrogens is 316 g/mol. The lowest BCUT2D eigenvalue weighted by atomic mass is 10.0. The molecule has 6 nitrogen and oxygen atoms in total. The standard InChI is InChI=1S/C19H34N4O2/c1-6-23(7-2)18(16-10-8-11-17(14-16)25-5)15-22-19(20-3)21-12-9-13-24-4/h8,10-11,14,18H,6-7,9,12-13,15H2,1-5H3,(H2,20,21,22). The third-order valence-corrected chi connectivity index (χ3v) is 4.24. The number of hydrogen-bond acceptors (Lipinski definition) is 4. The third kappa shape index (κ3) is 7.32. The zero-order valence-electron chi connectivity index (χ0n) is 16.3. The molecule has 2 N–H and O–H groups in total. The molecule has 0 aliphatic rings. The molecule has 0 heterocycles. The maximum absolute atomic E-state index is 5.39. The summed E-state index contributed by atoms with van der Waals surface area (Å²) in [7, 11) is 5.22.